The summed E-state index contributed by atoms with van der Waals surface area (Å²) in [5.74, 6) is 0.831. The highest BCUT2D eigenvalue weighted by molar-refractivity contribution is 5.29. The van der Waals surface area contributed by atoms with E-state index in [1.54, 1.807) is 0 Å². The van der Waals surface area contributed by atoms with Crippen LogP contribution in [0.15, 0.2) is 54.6 Å². The number of hydrogen-bond donors (Lipinski definition) is 1. The van der Waals surface area contributed by atoms with Crippen LogP contribution >= 0.6 is 0 Å². The van der Waals surface area contributed by atoms with Crippen molar-refractivity contribution < 1.29 is 9.84 Å². The first kappa shape index (κ1) is 18.5. The molecule has 130 valence electrons. The van der Waals surface area contributed by atoms with Crippen molar-refractivity contribution in [2.75, 3.05) is 19.6 Å². The van der Waals surface area contributed by atoms with Gasteiger partial charge in [0.25, 0.3) is 0 Å². The molecule has 0 aliphatic carbocycles. The van der Waals surface area contributed by atoms with Crippen LogP contribution in [0, 0.1) is 0 Å². The van der Waals surface area contributed by atoms with Gasteiger partial charge >= 0.3 is 0 Å². The molecule has 1 N–H and O–H groups in total. The van der Waals surface area contributed by atoms with Gasteiger partial charge in [-0.05, 0) is 55.7 Å². The van der Waals surface area contributed by atoms with Gasteiger partial charge in [-0.25, -0.2) is 0 Å². The van der Waals surface area contributed by atoms with Crippen molar-refractivity contribution in [3.63, 3.8) is 0 Å². The number of rotatable bonds is 10. The topological polar surface area (TPSA) is 32.7 Å². The summed E-state index contributed by atoms with van der Waals surface area (Å²) in [7, 11) is 0. The molecule has 0 bridgehead atoms. The second-order valence-electron chi connectivity index (χ2n) is 6.03. The zero-order valence-corrected chi connectivity index (χ0v) is 14.8. The molecule has 2 aromatic carbocycles. The van der Waals surface area contributed by atoms with Crippen molar-refractivity contribution in [1.82, 2.24) is 4.90 Å². The second kappa shape index (κ2) is 10.1. The molecule has 24 heavy (non-hydrogen) atoms. The number of benzene rings is 2. The predicted molar refractivity (Wildman–Crippen MR) is 99.2 cm³/mol. The van der Waals surface area contributed by atoms with E-state index in [0.717, 1.165) is 49.4 Å². The first-order valence-corrected chi connectivity index (χ1v) is 8.90. The molecule has 0 radical (unpaired) electrons. The molecule has 0 saturated carbocycles. The molecular formula is C21H29NO2. The van der Waals surface area contributed by atoms with E-state index in [0.29, 0.717) is 6.61 Å². The number of nitrogens with zero attached hydrogens (tertiary/aromatic N) is 1. The van der Waals surface area contributed by atoms with Crippen molar-refractivity contribution in [1.29, 1.82) is 0 Å². The van der Waals surface area contributed by atoms with Crippen molar-refractivity contribution in [2.24, 2.45) is 0 Å². The number of hydrogen-bond acceptors (Lipinski definition) is 3. The maximum Gasteiger partial charge on any atom is 0.119 e. The molecule has 0 aromatic heterocycles. The number of aliphatic hydroxyl groups is 1. The molecule has 0 heterocycles. The fraction of sp³-hybridized carbons (Fsp3) is 0.429. The standard InChI is InChI=1S/C21H29NO2/c1-3-22(4-2)16-8-11-21(23)19-12-14-20(15-13-19)24-17-18-9-6-5-7-10-18/h5-7,9-10,12-15,21,23H,3-4,8,11,16-17H2,1-2H3. The Morgan fingerprint density at radius 1 is 0.958 bits per heavy atom. The Balaban J connectivity index is 1.78. The van der Waals surface area contributed by atoms with E-state index in [4.69, 9.17) is 4.74 Å². The Bertz CT molecular complexity index is 564. The summed E-state index contributed by atoms with van der Waals surface area (Å²) in [5, 5.41) is 10.3. The van der Waals surface area contributed by atoms with E-state index >= 15 is 0 Å². The molecule has 3 heteroatoms. The van der Waals surface area contributed by atoms with Crippen molar-refractivity contribution >= 4 is 0 Å². The van der Waals surface area contributed by atoms with Crippen molar-refractivity contribution in [2.45, 2.75) is 39.4 Å². The Labute approximate surface area is 145 Å². The zero-order valence-electron chi connectivity index (χ0n) is 14.8. The van der Waals surface area contributed by atoms with E-state index < -0.39 is 6.10 Å². The molecule has 3 nitrogen and oxygen atoms in total. The molecule has 0 saturated heterocycles. The quantitative estimate of drug-likeness (QED) is 0.701. The summed E-state index contributed by atoms with van der Waals surface area (Å²) in [6.07, 6.45) is 1.40. The Hall–Kier alpha value is -1.84. The van der Waals surface area contributed by atoms with Crippen LogP contribution in [0.5, 0.6) is 5.75 Å². The number of ether oxygens (including phenoxy) is 1. The van der Waals surface area contributed by atoms with Crippen LogP contribution in [0.4, 0.5) is 0 Å². The SMILES string of the molecule is CCN(CC)CCCC(O)c1ccc(OCc2ccccc2)cc1. The van der Waals surface area contributed by atoms with Crippen molar-refractivity contribution in [3.05, 3.63) is 65.7 Å². The lowest BCUT2D eigenvalue weighted by atomic mass is 10.0. The zero-order chi connectivity index (χ0) is 17.2. The third-order valence-electron chi connectivity index (χ3n) is 4.36. The molecule has 1 atom stereocenters. The van der Waals surface area contributed by atoms with Crippen LogP contribution in [0.3, 0.4) is 0 Å². The van der Waals surface area contributed by atoms with Gasteiger partial charge in [0.2, 0.25) is 0 Å². The maximum absolute atomic E-state index is 10.3. The fourth-order valence-corrected chi connectivity index (χ4v) is 2.74. The summed E-state index contributed by atoms with van der Waals surface area (Å²) in [6, 6.07) is 17.9. The summed E-state index contributed by atoms with van der Waals surface area (Å²) in [4.78, 5) is 2.38. The minimum atomic E-state index is -0.399. The molecule has 0 spiro atoms. The molecule has 2 rings (SSSR count). The smallest absolute Gasteiger partial charge is 0.119 e. The third-order valence-corrected chi connectivity index (χ3v) is 4.36. The van der Waals surface area contributed by atoms with Gasteiger partial charge in [-0.1, -0.05) is 56.3 Å². The summed E-state index contributed by atoms with van der Waals surface area (Å²) in [6.45, 7) is 8.09. The van der Waals surface area contributed by atoms with Gasteiger partial charge in [0.05, 0.1) is 6.10 Å². The lowest BCUT2D eigenvalue weighted by Crippen LogP contribution is -2.24. The monoisotopic (exact) mass is 327 g/mol. The molecule has 0 aliphatic heterocycles. The van der Waals surface area contributed by atoms with E-state index in [-0.39, 0.29) is 0 Å². The van der Waals surface area contributed by atoms with Crippen LogP contribution in [-0.4, -0.2) is 29.6 Å². The van der Waals surface area contributed by atoms with Gasteiger partial charge in [-0.3, -0.25) is 0 Å². The average molecular weight is 327 g/mol. The summed E-state index contributed by atoms with van der Waals surface area (Å²) >= 11 is 0. The van der Waals surface area contributed by atoms with Gasteiger partial charge in [-0.15, -0.1) is 0 Å². The largest absolute Gasteiger partial charge is 0.489 e. The van der Waals surface area contributed by atoms with Gasteiger partial charge in [0, 0.05) is 0 Å². The van der Waals surface area contributed by atoms with Crippen LogP contribution < -0.4 is 4.74 Å². The van der Waals surface area contributed by atoms with Gasteiger partial charge < -0.3 is 14.7 Å². The molecule has 0 amide bonds. The molecule has 1 unspecified atom stereocenters. The minimum Gasteiger partial charge on any atom is -0.489 e. The van der Waals surface area contributed by atoms with Crippen LogP contribution in [0.2, 0.25) is 0 Å². The first-order valence-electron chi connectivity index (χ1n) is 8.90. The lowest BCUT2D eigenvalue weighted by molar-refractivity contribution is 0.156. The molecule has 0 fully saturated rings. The van der Waals surface area contributed by atoms with Crippen LogP contribution in [0.1, 0.15) is 43.9 Å². The minimum absolute atomic E-state index is 0.399. The highest BCUT2D eigenvalue weighted by atomic mass is 16.5. The second-order valence-corrected chi connectivity index (χ2v) is 6.03. The van der Waals surface area contributed by atoms with E-state index in [1.165, 1.54) is 0 Å². The highest BCUT2D eigenvalue weighted by Gasteiger charge is 2.08. The van der Waals surface area contributed by atoms with Crippen LogP contribution in [-0.2, 0) is 6.61 Å². The maximum atomic E-state index is 10.3. The molecule has 2 aromatic rings. The normalized spacial score (nSPS) is 12.3. The molecule has 0 aliphatic rings. The van der Waals surface area contributed by atoms with Crippen molar-refractivity contribution in [3.8, 4) is 5.75 Å². The Morgan fingerprint density at radius 2 is 1.62 bits per heavy atom. The van der Waals surface area contributed by atoms with Crippen LogP contribution in [0.25, 0.3) is 0 Å². The number of aliphatic hydroxyl groups excluding tert-OH is 1. The predicted octanol–water partition coefficient (Wildman–Crippen LogP) is 4.42. The van der Waals surface area contributed by atoms with Gasteiger partial charge in [-0.2, -0.15) is 0 Å². The highest BCUT2D eigenvalue weighted by Crippen LogP contribution is 2.22. The average Bonchev–Trinajstić information content (AvgIpc) is 2.64. The van der Waals surface area contributed by atoms with Gasteiger partial charge in [0.15, 0.2) is 0 Å². The Morgan fingerprint density at radius 3 is 2.25 bits per heavy atom. The third kappa shape index (κ3) is 5.99. The molecular weight excluding hydrogens is 298 g/mol. The first-order chi connectivity index (χ1) is 11.7. The van der Waals surface area contributed by atoms with E-state index in [1.807, 2.05) is 54.6 Å². The van der Waals surface area contributed by atoms with Gasteiger partial charge in [0.1, 0.15) is 12.4 Å². The fourth-order valence-electron chi connectivity index (χ4n) is 2.74. The van der Waals surface area contributed by atoms with E-state index in [9.17, 15) is 5.11 Å². The lowest BCUT2D eigenvalue weighted by Gasteiger charge is -2.19. The summed E-state index contributed by atoms with van der Waals surface area (Å²) < 4.78 is 5.78. The summed E-state index contributed by atoms with van der Waals surface area (Å²) in [5.41, 5.74) is 2.11. The Kier molecular flexibility index (Phi) is 7.80. The van der Waals surface area contributed by atoms with E-state index in [2.05, 4.69) is 18.7 Å².